The summed E-state index contributed by atoms with van der Waals surface area (Å²) in [5, 5.41) is 9.64. The minimum Gasteiger partial charge on any atom is -0.347 e. The van der Waals surface area contributed by atoms with Crippen molar-refractivity contribution < 1.29 is 36.0 Å². The van der Waals surface area contributed by atoms with Crippen LogP contribution in [-0.4, -0.2) is 119 Å². The van der Waals surface area contributed by atoms with E-state index in [2.05, 4.69) is 16.0 Å². The van der Waals surface area contributed by atoms with Gasteiger partial charge in [0.1, 0.15) is 14.0 Å². The second kappa shape index (κ2) is 23.0. The molecule has 4 amide bonds. The molecule has 5 heterocycles. The second-order valence-electron chi connectivity index (χ2n) is 17.2. The Hall–Kier alpha value is -5.68. The Morgan fingerprint density at radius 1 is 0.625 bits per heavy atom. The number of anilines is 2. The van der Waals surface area contributed by atoms with Gasteiger partial charge in [-0.1, -0.05) is 59.6 Å². The zero-order valence-electron chi connectivity index (χ0n) is 39.1. The maximum absolute atomic E-state index is 13.4. The number of nitrogens with zero attached hydrogens (tertiary/aromatic N) is 5. The first-order valence-corrected chi connectivity index (χ1v) is 28.2. The second-order valence-corrected chi connectivity index (χ2v) is 24.7. The maximum Gasteiger partial charge on any atom is 0.252 e. The summed E-state index contributed by atoms with van der Waals surface area (Å²) < 4.78 is 56.4. The monoisotopic (exact) mass is 1090 g/mol. The molecule has 3 N–H and O–H groups in total. The number of amides is 4. The number of piperidine rings is 1. The fourth-order valence-corrected chi connectivity index (χ4v) is 14.5. The lowest BCUT2D eigenvalue weighted by molar-refractivity contribution is -0.124. The molecule has 3 aliphatic rings. The van der Waals surface area contributed by atoms with E-state index in [-0.39, 0.29) is 64.8 Å². The van der Waals surface area contributed by atoms with Gasteiger partial charge in [-0.2, -0.15) is 8.61 Å². The number of likely N-dealkylation sites (N-methyl/N-ethyl adjacent to an activating group) is 1. The van der Waals surface area contributed by atoms with Gasteiger partial charge in [-0.15, -0.1) is 22.7 Å². The molecule has 1 spiro atoms. The van der Waals surface area contributed by atoms with Gasteiger partial charge in [-0.3, -0.25) is 24.1 Å². The molecule has 9 rings (SSSR count). The van der Waals surface area contributed by atoms with E-state index in [0.29, 0.717) is 66.9 Å². The highest BCUT2D eigenvalue weighted by Crippen LogP contribution is 2.38. The molecular formula is C50H52Cl2N8O8S4. The number of halogens is 2. The number of para-hydroxylation sites is 2. The standard InChI is InChI=1S/C25H25ClN4O4S2.C25H27ClN4O4S2/c26-19-8-6-18(7-9-19)23(31)27-16-21-10-11-22(35-21)36(33,34)29-14-12-25(13-15-29)24(32)28-17-30(25)20-4-2-1-3-5-20;1-28(21-5-3-2-4-6-21)23(31)18-29-13-15-30(16-14-29)36(33,34)24-12-11-22(35-24)17-27-25(32)19-7-9-20(26)10-8-19/h1-11H,12-17H2,(H,27,31)(H,28,32);2-12H,13-18H2,1H3,(H,27,32). The summed E-state index contributed by atoms with van der Waals surface area (Å²) in [5.41, 5.74) is 1.97. The summed E-state index contributed by atoms with van der Waals surface area (Å²) in [6, 6.07) is 38.8. The average Bonchev–Trinajstić information content (AvgIpc) is 4.17. The molecular weight excluding hydrogens is 1040 g/mol. The Kier molecular flexibility index (Phi) is 16.8. The molecule has 22 heteroatoms. The molecule has 16 nitrogen and oxygen atoms in total. The van der Waals surface area contributed by atoms with Crippen LogP contribution in [0.2, 0.25) is 10.0 Å². The Morgan fingerprint density at radius 2 is 1.08 bits per heavy atom. The number of nitrogens with one attached hydrogen (secondary N) is 3. The SMILES string of the molecule is CN(C(=O)CN1CCN(S(=O)(=O)c2ccc(CNC(=O)c3ccc(Cl)cc3)s2)CC1)c1ccccc1.O=C(NCc1ccc(S(=O)(=O)N2CCC3(CC2)C(=O)NCN3c2ccccc2)s1)c1ccc(Cl)cc1. The zero-order chi connectivity index (χ0) is 51.0. The molecule has 0 atom stereocenters. The quantitative estimate of drug-likeness (QED) is 0.105. The van der Waals surface area contributed by atoms with Crippen LogP contribution in [-0.2, 0) is 42.7 Å². The topological polar surface area (TPSA) is 189 Å². The molecule has 72 heavy (non-hydrogen) atoms. The van der Waals surface area contributed by atoms with E-state index < -0.39 is 25.6 Å². The minimum atomic E-state index is -3.71. The Labute approximate surface area is 437 Å². The van der Waals surface area contributed by atoms with Crippen LogP contribution in [0.4, 0.5) is 11.4 Å². The summed E-state index contributed by atoms with van der Waals surface area (Å²) in [7, 11) is -5.61. The van der Waals surface area contributed by atoms with Crippen molar-refractivity contribution in [1.82, 2.24) is 29.5 Å². The van der Waals surface area contributed by atoms with Gasteiger partial charge < -0.3 is 25.8 Å². The van der Waals surface area contributed by atoms with E-state index in [1.54, 1.807) is 84.7 Å². The van der Waals surface area contributed by atoms with Gasteiger partial charge in [0.2, 0.25) is 11.8 Å². The minimum absolute atomic E-state index is 0.0407. The Morgan fingerprint density at radius 3 is 1.57 bits per heavy atom. The van der Waals surface area contributed by atoms with E-state index in [0.717, 1.165) is 43.8 Å². The van der Waals surface area contributed by atoms with Crippen molar-refractivity contribution in [3.05, 3.63) is 164 Å². The van der Waals surface area contributed by atoms with Gasteiger partial charge in [0.05, 0.1) is 26.3 Å². The highest BCUT2D eigenvalue weighted by molar-refractivity contribution is 7.91. The number of piperazine rings is 1. The predicted octanol–water partition coefficient (Wildman–Crippen LogP) is 6.75. The molecule has 0 radical (unpaired) electrons. The smallest absolute Gasteiger partial charge is 0.252 e. The van der Waals surface area contributed by atoms with Gasteiger partial charge in [0, 0.05) is 88.6 Å². The van der Waals surface area contributed by atoms with Crippen LogP contribution < -0.4 is 25.8 Å². The number of thiophene rings is 2. The molecule has 3 saturated heterocycles. The van der Waals surface area contributed by atoms with Crippen LogP contribution >= 0.6 is 45.9 Å². The van der Waals surface area contributed by atoms with Gasteiger partial charge in [0.25, 0.3) is 31.9 Å². The van der Waals surface area contributed by atoms with E-state index in [4.69, 9.17) is 23.2 Å². The molecule has 0 bridgehead atoms. The lowest BCUT2D eigenvalue weighted by Gasteiger charge is -2.42. The van der Waals surface area contributed by atoms with E-state index in [9.17, 15) is 36.0 Å². The summed E-state index contributed by atoms with van der Waals surface area (Å²) in [6.07, 6.45) is 0.810. The van der Waals surface area contributed by atoms with Crippen molar-refractivity contribution in [1.29, 1.82) is 0 Å². The van der Waals surface area contributed by atoms with Gasteiger partial charge in [0.15, 0.2) is 0 Å². The van der Waals surface area contributed by atoms with E-state index >= 15 is 0 Å². The number of sulfonamides is 2. The third kappa shape index (κ3) is 12.2. The summed E-state index contributed by atoms with van der Waals surface area (Å²) in [6.45, 7) is 3.16. The van der Waals surface area contributed by atoms with Crippen molar-refractivity contribution in [3.8, 4) is 0 Å². The van der Waals surface area contributed by atoms with Crippen LogP contribution in [0, 0.1) is 0 Å². The lowest BCUT2D eigenvalue weighted by Crippen LogP contribution is -2.57. The fourth-order valence-electron chi connectivity index (χ4n) is 8.53. The molecule has 3 fully saturated rings. The molecule has 3 aliphatic heterocycles. The van der Waals surface area contributed by atoms with Crippen LogP contribution in [0.1, 0.15) is 43.3 Å². The summed E-state index contributed by atoms with van der Waals surface area (Å²) in [5.74, 6) is -0.615. The first-order chi connectivity index (χ1) is 34.5. The fraction of sp³-hybridized carbons (Fsp3) is 0.280. The van der Waals surface area contributed by atoms with Crippen molar-refractivity contribution in [2.45, 2.75) is 39.9 Å². The molecule has 6 aromatic rings. The molecule has 4 aromatic carbocycles. The van der Waals surface area contributed by atoms with Crippen LogP contribution in [0.5, 0.6) is 0 Å². The highest BCUT2D eigenvalue weighted by Gasteiger charge is 2.51. The Balaban J connectivity index is 0.000000193. The molecule has 2 aromatic heterocycles. The van der Waals surface area contributed by atoms with Crippen LogP contribution in [0.15, 0.2) is 142 Å². The first-order valence-electron chi connectivity index (χ1n) is 22.9. The maximum atomic E-state index is 13.4. The third-order valence-corrected chi connectivity index (χ3v) is 20.1. The number of benzene rings is 4. The van der Waals surface area contributed by atoms with Crippen molar-refractivity contribution in [2.24, 2.45) is 0 Å². The van der Waals surface area contributed by atoms with Crippen molar-refractivity contribution >= 4 is 101 Å². The van der Waals surface area contributed by atoms with E-state index in [1.807, 2.05) is 70.5 Å². The third-order valence-electron chi connectivity index (χ3n) is 12.7. The Bertz CT molecular complexity index is 3090. The van der Waals surface area contributed by atoms with Crippen molar-refractivity contribution in [3.63, 3.8) is 0 Å². The number of carbonyl (C=O) groups is 4. The first kappa shape index (κ1) is 52.6. The van der Waals surface area contributed by atoms with E-state index in [1.165, 1.54) is 8.61 Å². The molecule has 0 aliphatic carbocycles. The molecule has 0 unspecified atom stereocenters. The number of hydrogen-bond donors (Lipinski definition) is 3. The van der Waals surface area contributed by atoms with Crippen LogP contribution in [0.25, 0.3) is 0 Å². The van der Waals surface area contributed by atoms with Gasteiger partial charge in [-0.25, -0.2) is 16.8 Å². The lowest BCUT2D eigenvalue weighted by atomic mass is 9.86. The van der Waals surface area contributed by atoms with Crippen LogP contribution in [0.3, 0.4) is 0 Å². The average molecular weight is 1090 g/mol. The van der Waals surface area contributed by atoms with Crippen molar-refractivity contribution in [2.75, 3.05) is 69.3 Å². The largest absolute Gasteiger partial charge is 0.347 e. The number of carbonyl (C=O) groups excluding carboxylic acids is 4. The highest BCUT2D eigenvalue weighted by atomic mass is 35.5. The molecule has 0 saturated carbocycles. The predicted molar refractivity (Wildman–Crippen MR) is 282 cm³/mol. The van der Waals surface area contributed by atoms with Gasteiger partial charge >= 0.3 is 0 Å². The number of hydrogen-bond acceptors (Lipinski definition) is 12. The zero-order valence-corrected chi connectivity index (χ0v) is 43.9. The van der Waals surface area contributed by atoms with Gasteiger partial charge in [-0.05, 0) is 110 Å². The summed E-state index contributed by atoms with van der Waals surface area (Å²) >= 11 is 14.0. The molecule has 378 valence electrons. The number of rotatable bonds is 14. The normalized spacial score (nSPS) is 16.4. The summed E-state index contributed by atoms with van der Waals surface area (Å²) in [4.78, 5) is 57.3.